The predicted octanol–water partition coefficient (Wildman–Crippen LogP) is 21.4. The number of unbranched alkanes of at least 4 members (excludes halogenated alkanes) is 50. The van der Waals surface area contributed by atoms with Crippen molar-refractivity contribution < 1.29 is 24.5 Å². The summed E-state index contributed by atoms with van der Waals surface area (Å²) < 4.78 is 5.47. The molecule has 0 bridgehead atoms. The summed E-state index contributed by atoms with van der Waals surface area (Å²) in [6.45, 7) is 4.90. The van der Waals surface area contributed by atoms with Crippen LogP contribution in [-0.4, -0.2) is 47.4 Å². The van der Waals surface area contributed by atoms with Crippen LogP contribution in [-0.2, 0) is 14.3 Å². The van der Waals surface area contributed by atoms with Gasteiger partial charge >= 0.3 is 5.97 Å². The van der Waals surface area contributed by atoms with Crippen molar-refractivity contribution in [1.82, 2.24) is 5.32 Å². The lowest BCUT2D eigenvalue weighted by atomic mass is 10.0. The van der Waals surface area contributed by atoms with Crippen molar-refractivity contribution in [2.24, 2.45) is 0 Å². The summed E-state index contributed by atoms with van der Waals surface area (Å²) in [5, 5.41) is 23.2. The van der Waals surface area contributed by atoms with Crippen molar-refractivity contribution in [3.63, 3.8) is 0 Å². The van der Waals surface area contributed by atoms with E-state index in [1.807, 2.05) is 6.08 Å². The highest BCUT2D eigenvalue weighted by Crippen LogP contribution is 2.19. The molecule has 6 heteroatoms. The van der Waals surface area contributed by atoms with Crippen LogP contribution in [0, 0.1) is 0 Å². The van der Waals surface area contributed by atoms with Crippen LogP contribution in [0.5, 0.6) is 0 Å². The molecule has 2 unspecified atom stereocenters. The monoisotopic (exact) mass is 1040 g/mol. The third kappa shape index (κ3) is 59.6. The van der Waals surface area contributed by atoms with Crippen LogP contribution >= 0.6 is 0 Å². The third-order valence-corrected chi connectivity index (χ3v) is 15.7. The molecular weight excluding hydrogens is 911 g/mol. The van der Waals surface area contributed by atoms with Crippen LogP contribution in [0.3, 0.4) is 0 Å². The number of rotatable bonds is 63. The molecule has 0 aromatic carbocycles. The van der Waals surface area contributed by atoms with Gasteiger partial charge in [-0.3, -0.25) is 9.59 Å². The Kier molecular flexibility index (Phi) is 62.4. The number of aliphatic hydroxyl groups excluding tert-OH is 2. The summed E-state index contributed by atoms with van der Waals surface area (Å²) in [7, 11) is 0. The van der Waals surface area contributed by atoms with E-state index in [9.17, 15) is 19.8 Å². The molecule has 0 rings (SSSR count). The maximum Gasteiger partial charge on any atom is 0.305 e. The number of hydrogen-bond donors (Lipinski definition) is 3. The van der Waals surface area contributed by atoms with Crippen LogP contribution in [0.25, 0.3) is 0 Å². The van der Waals surface area contributed by atoms with E-state index >= 15 is 0 Å². The molecule has 0 spiro atoms. The van der Waals surface area contributed by atoms with Crippen LogP contribution in [0.1, 0.15) is 373 Å². The number of nitrogens with one attached hydrogen (secondary N) is 1. The van der Waals surface area contributed by atoms with Crippen LogP contribution in [0.4, 0.5) is 0 Å². The van der Waals surface area contributed by atoms with Crippen molar-refractivity contribution in [1.29, 1.82) is 0 Å². The summed E-state index contributed by atoms with van der Waals surface area (Å²) in [6.07, 6.45) is 79.6. The van der Waals surface area contributed by atoms with Gasteiger partial charge in [-0.05, 0) is 51.4 Å². The van der Waals surface area contributed by atoms with Gasteiger partial charge < -0.3 is 20.3 Å². The van der Waals surface area contributed by atoms with Crippen LogP contribution in [0.2, 0.25) is 0 Å². The van der Waals surface area contributed by atoms with E-state index in [0.717, 1.165) is 44.9 Å². The normalized spacial score (nSPS) is 12.6. The molecular formula is C68H131NO5. The maximum atomic E-state index is 12.5. The largest absolute Gasteiger partial charge is 0.466 e. The first-order chi connectivity index (χ1) is 36.5. The van der Waals surface area contributed by atoms with E-state index in [0.29, 0.717) is 19.4 Å². The first-order valence-corrected chi connectivity index (χ1v) is 33.6. The van der Waals surface area contributed by atoms with E-state index < -0.39 is 12.1 Å². The van der Waals surface area contributed by atoms with Gasteiger partial charge in [-0.25, -0.2) is 0 Å². The molecule has 74 heavy (non-hydrogen) atoms. The lowest BCUT2D eigenvalue weighted by Gasteiger charge is -2.20. The smallest absolute Gasteiger partial charge is 0.305 e. The van der Waals surface area contributed by atoms with Gasteiger partial charge in [0.1, 0.15) is 0 Å². The number of hydrogen-bond acceptors (Lipinski definition) is 5. The van der Waals surface area contributed by atoms with Gasteiger partial charge in [0, 0.05) is 12.8 Å². The number of carbonyl (C=O) groups excluding carboxylic acids is 2. The molecule has 2 atom stereocenters. The summed E-state index contributed by atoms with van der Waals surface area (Å²) in [5.74, 6) is -0.0540. The fraction of sp³-hybridized carbons (Fsp3) is 0.912. The van der Waals surface area contributed by atoms with E-state index in [2.05, 4.69) is 31.3 Å². The highest BCUT2D eigenvalue weighted by Gasteiger charge is 2.18. The molecule has 0 aliphatic rings. The number of aliphatic hydroxyl groups is 2. The van der Waals surface area contributed by atoms with Gasteiger partial charge in [0.25, 0.3) is 0 Å². The number of allylic oxidation sites excluding steroid dienone is 3. The van der Waals surface area contributed by atoms with E-state index in [1.165, 1.54) is 302 Å². The average molecular weight is 1040 g/mol. The van der Waals surface area contributed by atoms with Crippen LogP contribution < -0.4 is 5.32 Å². The predicted molar refractivity (Wildman–Crippen MR) is 324 cm³/mol. The molecule has 6 nitrogen and oxygen atoms in total. The van der Waals surface area contributed by atoms with E-state index in [-0.39, 0.29) is 18.5 Å². The molecule has 0 heterocycles. The van der Waals surface area contributed by atoms with Crippen molar-refractivity contribution in [2.75, 3.05) is 13.2 Å². The van der Waals surface area contributed by atoms with E-state index in [1.54, 1.807) is 6.08 Å². The first-order valence-electron chi connectivity index (χ1n) is 33.6. The number of ether oxygens (including phenoxy) is 1. The van der Waals surface area contributed by atoms with Gasteiger partial charge in [0.05, 0.1) is 25.4 Å². The minimum absolute atomic E-state index is 0.00771. The lowest BCUT2D eigenvalue weighted by Crippen LogP contribution is -2.45. The highest BCUT2D eigenvalue weighted by atomic mass is 16.5. The Labute approximate surface area is 462 Å². The Morgan fingerprint density at radius 1 is 0.365 bits per heavy atom. The fourth-order valence-electron chi connectivity index (χ4n) is 10.6. The molecule has 0 aliphatic heterocycles. The van der Waals surface area contributed by atoms with Gasteiger partial charge in [0.15, 0.2) is 0 Å². The second-order valence-corrected chi connectivity index (χ2v) is 23.2. The molecule has 0 radical (unpaired) electrons. The molecule has 0 aromatic rings. The minimum atomic E-state index is -0.842. The Hall–Kier alpha value is -1.66. The summed E-state index contributed by atoms with van der Waals surface area (Å²) in [5.41, 5.74) is 0. The second kappa shape index (κ2) is 63.9. The molecule has 438 valence electrons. The summed E-state index contributed by atoms with van der Waals surface area (Å²) in [4.78, 5) is 24.5. The Balaban J connectivity index is 3.37. The van der Waals surface area contributed by atoms with Crippen LogP contribution in [0.15, 0.2) is 24.3 Å². The zero-order valence-electron chi connectivity index (χ0n) is 50.1. The number of amides is 1. The topological polar surface area (TPSA) is 95.9 Å². The van der Waals surface area contributed by atoms with Gasteiger partial charge in [-0.1, -0.05) is 334 Å². The zero-order chi connectivity index (χ0) is 53.6. The molecule has 1 amide bonds. The minimum Gasteiger partial charge on any atom is -0.466 e. The number of carbonyl (C=O) groups is 2. The van der Waals surface area contributed by atoms with Gasteiger partial charge in [-0.2, -0.15) is 0 Å². The summed E-state index contributed by atoms with van der Waals surface area (Å²) in [6, 6.07) is -0.625. The average Bonchev–Trinajstić information content (AvgIpc) is 3.40. The van der Waals surface area contributed by atoms with E-state index in [4.69, 9.17) is 4.74 Å². The maximum absolute atomic E-state index is 12.5. The van der Waals surface area contributed by atoms with Crippen molar-refractivity contribution in [3.8, 4) is 0 Å². The Morgan fingerprint density at radius 2 is 0.649 bits per heavy atom. The SMILES string of the molecule is CCCC/C=C\CCCCCCCC(=O)OCCCCCCCCCCCCCCCCCCCCCCCCCCCCCCC(=O)NC(CO)C(O)/C=C/CCCCCCCCCCCCCCCCCC. The summed E-state index contributed by atoms with van der Waals surface area (Å²) >= 11 is 0. The van der Waals surface area contributed by atoms with Crippen molar-refractivity contribution in [3.05, 3.63) is 24.3 Å². The van der Waals surface area contributed by atoms with Crippen molar-refractivity contribution >= 4 is 11.9 Å². The molecule has 0 fully saturated rings. The quantitative estimate of drug-likeness (QED) is 0.0320. The molecule has 3 N–H and O–H groups in total. The zero-order valence-corrected chi connectivity index (χ0v) is 50.1. The lowest BCUT2D eigenvalue weighted by molar-refractivity contribution is -0.143. The van der Waals surface area contributed by atoms with Crippen molar-refractivity contribution in [2.45, 2.75) is 386 Å². The Bertz CT molecular complexity index is 1150. The molecule has 0 saturated carbocycles. The highest BCUT2D eigenvalue weighted by molar-refractivity contribution is 5.76. The fourth-order valence-corrected chi connectivity index (χ4v) is 10.6. The van der Waals surface area contributed by atoms with Gasteiger partial charge in [0.2, 0.25) is 5.91 Å². The first kappa shape index (κ1) is 72.3. The standard InChI is InChI=1S/C68H131NO5/c1-3-5-7-9-11-13-15-16-17-18-31-34-37-41-44-48-52-56-60-66(71)65(64-70)69-67(72)61-57-53-49-45-42-38-35-32-29-27-25-23-21-19-20-22-24-26-28-30-33-36-39-43-47-51-55-59-63-74-68(73)62-58-54-50-46-40-14-12-10-8-6-4-2/h10,12,56,60,65-66,70-71H,3-9,11,13-55,57-59,61-64H2,1-2H3,(H,69,72)/b12-10-,60-56+. The molecule has 0 aromatic heterocycles. The number of esters is 1. The second-order valence-electron chi connectivity index (χ2n) is 23.2. The third-order valence-electron chi connectivity index (χ3n) is 15.7. The Morgan fingerprint density at radius 3 is 1.00 bits per heavy atom. The molecule has 0 aliphatic carbocycles. The van der Waals surface area contributed by atoms with Gasteiger partial charge in [-0.15, -0.1) is 0 Å². The molecule has 0 saturated heterocycles.